The van der Waals surface area contributed by atoms with Crippen molar-refractivity contribution in [2.75, 3.05) is 23.7 Å². The third kappa shape index (κ3) is 5.67. The number of anilines is 4. The van der Waals surface area contributed by atoms with Gasteiger partial charge in [0.15, 0.2) is 11.6 Å². The summed E-state index contributed by atoms with van der Waals surface area (Å²) in [7, 11) is 0. The van der Waals surface area contributed by atoms with Crippen LogP contribution in [0.5, 0.6) is 0 Å². The number of alkyl halides is 3. The van der Waals surface area contributed by atoms with E-state index in [9.17, 15) is 27.6 Å². The molecule has 0 radical (unpaired) electrons. The second kappa shape index (κ2) is 10.0. The number of carbonyl (C=O) groups is 1. The van der Waals surface area contributed by atoms with Crippen molar-refractivity contribution in [2.24, 2.45) is 0 Å². The smallest absolute Gasteiger partial charge is 0.343 e. The normalized spacial score (nSPS) is 15.6. The largest absolute Gasteiger partial charge is 0.405 e. The Labute approximate surface area is 227 Å². The number of carbonyl (C=O) groups excluding carboxylic acids is 1. The first-order chi connectivity index (χ1) is 18.9. The molecule has 1 aliphatic carbocycles. The van der Waals surface area contributed by atoms with Gasteiger partial charge in [0.2, 0.25) is 5.95 Å². The number of fused-ring (bicyclic) bond motifs is 2. The monoisotopic (exact) mass is 554 g/mol. The van der Waals surface area contributed by atoms with Crippen LogP contribution in [0, 0.1) is 17.1 Å². The lowest BCUT2D eigenvalue weighted by Crippen LogP contribution is -2.34. The van der Waals surface area contributed by atoms with E-state index >= 15 is 0 Å². The molecule has 1 aromatic carbocycles. The molecule has 4 N–H and O–H groups in total. The minimum atomic E-state index is -4.64. The van der Waals surface area contributed by atoms with E-state index in [4.69, 9.17) is 0 Å². The molecule has 2 aliphatic rings. The molecule has 1 spiro atoms. The summed E-state index contributed by atoms with van der Waals surface area (Å²) >= 11 is 0. The Bertz CT molecular complexity index is 1510. The molecule has 1 amide bonds. The van der Waals surface area contributed by atoms with Crippen LogP contribution in [0.2, 0.25) is 0 Å². The summed E-state index contributed by atoms with van der Waals surface area (Å²) in [6, 6.07) is 10.4. The summed E-state index contributed by atoms with van der Waals surface area (Å²) in [5.41, 5.74) is 2.13. The number of benzene rings is 1. The number of hydrogen-bond acceptors (Lipinski definition) is 8. The zero-order valence-corrected chi connectivity index (χ0v) is 21.7. The average Bonchev–Trinajstić information content (AvgIpc) is 3.68. The molecule has 40 heavy (non-hydrogen) atoms. The predicted octanol–water partition coefficient (Wildman–Crippen LogP) is 4.73. The van der Waals surface area contributed by atoms with E-state index in [1.54, 1.807) is 19.2 Å². The van der Waals surface area contributed by atoms with E-state index in [1.807, 2.05) is 12.1 Å². The number of aromatic nitrogens is 3. The molecule has 0 bridgehead atoms. The lowest BCUT2D eigenvalue weighted by Gasteiger charge is -2.26. The minimum absolute atomic E-state index is 0.0219. The van der Waals surface area contributed by atoms with Gasteiger partial charge in [-0.1, -0.05) is 6.07 Å². The number of hydrogen-bond donors (Lipinski definition) is 4. The number of nitrogens with one attached hydrogen (secondary N) is 4. The van der Waals surface area contributed by atoms with Crippen molar-refractivity contribution in [1.82, 2.24) is 25.6 Å². The van der Waals surface area contributed by atoms with E-state index < -0.39 is 29.9 Å². The summed E-state index contributed by atoms with van der Waals surface area (Å²) in [5, 5.41) is 20.3. The van der Waals surface area contributed by atoms with E-state index in [0.29, 0.717) is 12.2 Å². The van der Waals surface area contributed by atoms with Gasteiger partial charge in [-0.15, -0.1) is 0 Å². The van der Waals surface area contributed by atoms with Crippen LogP contribution >= 0.6 is 0 Å². The van der Waals surface area contributed by atoms with Crippen LogP contribution in [0.15, 0.2) is 36.5 Å². The van der Waals surface area contributed by atoms with Crippen LogP contribution in [0.25, 0.3) is 0 Å². The van der Waals surface area contributed by atoms with Crippen molar-refractivity contribution in [1.29, 1.82) is 5.26 Å². The number of nitrogens with zero attached hydrogens (tertiary/aromatic N) is 4. The standard InChI is InChI=1S/C27H26F4N8O/c1-25(2,12-32)20-6-5-19(28)22(37-20)38-21-17(23(40)35-14-27(29,30)31)11-34-24(39-21)36-16-3-4-18-15(9-16)10-33-13-26(18)7-8-26/h3-6,9,11,33H,7-8,10,13-14H2,1-2H3,(H,35,40)(H2,34,36,37,38,39). The van der Waals surface area contributed by atoms with Gasteiger partial charge in [0.1, 0.15) is 17.9 Å². The molecule has 0 atom stereocenters. The van der Waals surface area contributed by atoms with Crippen LogP contribution in [0.1, 0.15) is 53.9 Å². The Morgan fingerprint density at radius 3 is 2.60 bits per heavy atom. The Kier molecular flexibility index (Phi) is 6.83. The maximum absolute atomic E-state index is 14.7. The highest BCUT2D eigenvalue weighted by molar-refractivity contribution is 5.99. The van der Waals surface area contributed by atoms with Gasteiger partial charge in [-0.25, -0.2) is 14.4 Å². The van der Waals surface area contributed by atoms with Crippen LogP contribution in [0.3, 0.4) is 0 Å². The van der Waals surface area contributed by atoms with Crippen molar-refractivity contribution in [3.05, 3.63) is 64.7 Å². The Hall–Kier alpha value is -4.31. The number of amides is 1. The number of halogens is 4. The lowest BCUT2D eigenvalue weighted by atomic mass is 9.88. The van der Waals surface area contributed by atoms with Crippen molar-refractivity contribution in [3.8, 4) is 6.07 Å². The number of nitriles is 1. The molecule has 0 unspecified atom stereocenters. The third-order valence-electron chi connectivity index (χ3n) is 7.05. The summed E-state index contributed by atoms with van der Waals surface area (Å²) in [4.78, 5) is 25.2. The maximum atomic E-state index is 14.7. The van der Waals surface area contributed by atoms with E-state index in [1.165, 1.54) is 11.6 Å². The van der Waals surface area contributed by atoms with Crippen molar-refractivity contribution >= 4 is 29.2 Å². The maximum Gasteiger partial charge on any atom is 0.405 e. The fourth-order valence-corrected chi connectivity index (χ4v) is 4.62. The summed E-state index contributed by atoms with van der Waals surface area (Å²) in [5.74, 6) is -2.54. The zero-order valence-electron chi connectivity index (χ0n) is 21.7. The van der Waals surface area contributed by atoms with Crippen LogP contribution in [-0.4, -0.2) is 40.1 Å². The van der Waals surface area contributed by atoms with Gasteiger partial charge in [-0.3, -0.25) is 4.79 Å². The molecule has 1 aliphatic heterocycles. The molecule has 13 heteroatoms. The van der Waals surface area contributed by atoms with E-state index in [-0.39, 0.29) is 34.3 Å². The summed E-state index contributed by atoms with van der Waals surface area (Å²) < 4.78 is 53.0. The van der Waals surface area contributed by atoms with Crippen molar-refractivity contribution in [2.45, 2.75) is 50.2 Å². The Morgan fingerprint density at radius 2 is 1.90 bits per heavy atom. The van der Waals surface area contributed by atoms with Gasteiger partial charge in [-0.2, -0.15) is 23.4 Å². The number of pyridine rings is 1. The molecule has 3 heterocycles. The molecule has 9 nitrogen and oxygen atoms in total. The van der Waals surface area contributed by atoms with Gasteiger partial charge >= 0.3 is 6.18 Å². The lowest BCUT2D eigenvalue weighted by molar-refractivity contribution is -0.123. The molecule has 1 fully saturated rings. The van der Waals surface area contributed by atoms with Gasteiger partial charge in [0.05, 0.1) is 17.2 Å². The fourth-order valence-electron chi connectivity index (χ4n) is 4.62. The minimum Gasteiger partial charge on any atom is -0.343 e. The van der Waals surface area contributed by atoms with Crippen LogP contribution in [0.4, 0.5) is 40.8 Å². The molecule has 3 aromatic rings. The van der Waals surface area contributed by atoms with E-state index in [2.05, 4.69) is 43.0 Å². The van der Waals surface area contributed by atoms with Gasteiger partial charge in [0.25, 0.3) is 5.91 Å². The molecular weight excluding hydrogens is 528 g/mol. The molecule has 208 valence electrons. The fraction of sp³-hybridized carbons (Fsp3) is 0.370. The molecule has 5 rings (SSSR count). The average molecular weight is 555 g/mol. The van der Waals surface area contributed by atoms with Gasteiger partial charge < -0.3 is 21.3 Å². The first-order valence-corrected chi connectivity index (χ1v) is 12.6. The highest BCUT2D eigenvalue weighted by Gasteiger charge is 2.46. The highest BCUT2D eigenvalue weighted by Crippen LogP contribution is 2.50. The summed E-state index contributed by atoms with van der Waals surface area (Å²) in [6.07, 6.45) is -1.33. The van der Waals surface area contributed by atoms with E-state index in [0.717, 1.165) is 37.2 Å². The molecular formula is C27H26F4N8O. The predicted molar refractivity (Wildman–Crippen MR) is 139 cm³/mol. The van der Waals surface area contributed by atoms with Crippen LogP contribution < -0.4 is 21.3 Å². The first kappa shape index (κ1) is 27.3. The molecule has 2 aromatic heterocycles. The Morgan fingerprint density at radius 1 is 1.12 bits per heavy atom. The molecule has 0 saturated heterocycles. The second-order valence-corrected chi connectivity index (χ2v) is 10.5. The third-order valence-corrected chi connectivity index (χ3v) is 7.05. The van der Waals surface area contributed by atoms with Crippen molar-refractivity contribution < 1.29 is 22.4 Å². The van der Waals surface area contributed by atoms with Crippen molar-refractivity contribution in [3.63, 3.8) is 0 Å². The van der Waals surface area contributed by atoms with Gasteiger partial charge in [0, 0.05) is 30.4 Å². The Balaban J connectivity index is 1.47. The SMILES string of the molecule is CC(C)(C#N)c1ccc(F)c(Nc2nc(Nc3ccc4c(c3)CNCC43CC3)ncc2C(=O)NCC(F)(F)F)n1. The first-order valence-electron chi connectivity index (χ1n) is 12.6. The quantitative estimate of drug-likeness (QED) is 0.309. The number of rotatable bonds is 7. The van der Waals surface area contributed by atoms with Crippen LogP contribution in [-0.2, 0) is 17.4 Å². The zero-order chi connectivity index (χ0) is 28.7. The highest BCUT2D eigenvalue weighted by atomic mass is 19.4. The summed E-state index contributed by atoms with van der Waals surface area (Å²) in [6.45, 7) is 3.27. The molecule has 1 saturated carbocycles. The van der Waals surface area contributed by atoms with Gasteiger partial charge in [-0.05, 0) is 62.1 Å². The second-order valence-electron chi connectivity index (χ2n) is 10.5. The topological polar surface area (TPSA) is 128 Å².